The summed E-state index contributed by atoms with van der Waals surface area (Å²) < 4.78 is 0. The van der Waals surface area contributed by atoms with Crippen LogP contribution in [0.25, 0.3) is 11.3 Å². The molecule has 3 aromatic rings. The fourth-order valence-corrected chi connectivity index (χ4v) is 4.75. The Kier molecular flexibility index (Phi) is 6.17. The molecule has 28 heavy (non-hydrogen) atoms. The van der Waals surface area contributed by atoms with Gasteiger partial charge < -0.3 is 0 Å². The monoisotopic (exact) mass is 390 g/mol. The minimum Gasteiger partial charge on any atom is -0.288 e. The Bertz CT molecular complexity index is 885. The third-order valence-electron chi connectivity index (χ3n) is 5.48. The largest absolute Gasteiger partial charge is 0.288 e. The molecule has 1 amide bonds. The normalized spacial score (nSPS) is 14.7. The fraction of sp³-hybridized carbons (Fsp3) is 0.333. The second-order valence-corrected chi connectivity index (χ2v) is 8.28. The number of rotatable bonds is 6. The highest BCUT2D eigenvalue weighted by atomic mass is 32.1. The van der Waals surface area contributed by atoms with Crippen LogP contribution in [-0.4, -0.2) is 17.4 Å². The summed E-state index contributed by atoms with van der Waals surface area (Å²) in [5.41, 5.74) is 3.30. The molecule has 1 aliphatic carbocycles. The first-order chi connectivity index (χ1) is 13.8. The van der Waals surface area contributed by atoms with Crippen molar-refractivity contribution in [1.29, 1.82) is 0 Å². The summed E-state index contributed by atoms with van der Waals surface area (Å²) in [4.78, 5) is 20.1. The highest BCUT2D eigenvalue weighted by Gasteiger charge is 2.28. The van der Waals surface area contributed by atoms with E-state index in [1.54, 1.807) is 11.3 Å². The third kappa shape index (κ3) is 4.50. The fourth-order valence-electron chi connectivity index (χ4n) is 3.89. The number of aromatic nitrogens is 1. The van der Waals surface area contributed by atoms with E-state index >= 15 is 0 Å². The van der Waals surface area contributed by atoms with Crippen LogP contribution < -0.4 is 4.90 Å². The van der Waals surface area contributed by atoms with Crippen LogP contribution in [0.3, 0.4) is 0 Å². The molecule has 4 rings (SSSR count). The number of nitrogens with zero attached hydrogens (tertiary/aromatic N) is 2. The molecule has 0 atom stereocenters. The molecule has 4 heteroatoms. The summed E-state index contributed by atoms with van der Waals surface area (Å²) in [6.07, 6.45) is 6.45. The summed E-state index contributed by atoms with van der Waals surface area (Å²) in [5.74, 6) is 0.401. The standard InChI is InChI=1S/C24H26N2OS/c27-23(21-14-8-3-9-15-21)26(17-16-19-10-4-1-5-11-19)24-25-22(18-28-24)20-12-6-2-7-13-20/h1-2,4-7,10-13,18,21H,3,8-9,14-17H2. The summed E-state index contributed by atoms with van der Waals surface area (Å²) in [6, 6.07) is 20.6. The van der Waals surface area contributed by atoms with E-state index < -0.39 is 0 Å². The van der Waals surface area contributed by atoms with Gasteiger partial charge in [0.1, 0.15) is 0 Å². The van der Waals surface area contributed by atoms with Gasteiger partial charge in [-0.05, 0) is 24.8 Å². The molecule has 0 unspecified atom stereocenters. The van der Waals surface area contributed by atoms with Gasteiger partial charge in [-0.15, -0.1) is 11.3 Å². The summed E-state index contributed by atoms with van der Waals surface area (Å²) in [7, 11) is 0. The predicted molar refractivity (Wildman–Crippen MR) is 117 cm³/mol. The van der Waals surface area contributed by atoms with Gasteiger partial charge in [-0.1, -0.05) is 79.9 Å². The van der Waals surface area contributed by atoms with E-state index in [1.165, 1.54) is 12.0 Å². The van der Waals surface area contributed by atoms with Crippen LogP contribution in [0.4, 0.5) is 5.13 Å². The van der Waals surface area contributed by atoms with Gasteiger partial charge >= 0.3 is 0 Å². The number of thiazole rings is 1. The molecule has 0 spiro atoms. The molecular weight excluding hydrogens is 364 g/mol. The summed E-state index contributed by atoms with van der Waals surface area (Å²) >= 11 is 1.57. The highest BCUT2D eigenvalue weighted by Crippen LogP contribution is 2.31. The molecule has 1 aliphatic rings. The van der Waals surface area contributed by atoms with Crippen molar-refractivity contribution in [2.24, 2.45) is 5.92 Å². The second kappa shape index (κ2) is 9.16. The molecule has 0 bridgehead atoms. The van der Waals surface area contributed by atoms with Crippen LogP contribution in [-0.2, 0) is 11.2 Å². The lowest BCUT2D eigenvalue weighted by molar-refractivity contribution is -0.123. The quantitative estimate of drug-likeness (QED) is 0.520. The van der Waals surface area contributed by atoms with E-state index in [1.807, 2.05) is 29.2 Å². The molecule has 144 valence electrons. The van der Waals surface area contributed by atoms with Gasteiger partial charge in [0.2, 0.25) is 5.91 Å². The maximum Gasteiger partial charge on any atom is 0.231 e. The zero-order valence-corrected chi connectivity index (χ0v) is 16.9. The van der Waals surface area contributed by atoms with Crippen molar-refractivity contribution >= 4 is 22.4 Å². The second-order valence-electron chi connectivity index (χ2n) is 7.44. The highest BCUT2D eigenvalue weighted by molar-refractivity contribution is 7.14. The number of anilines is 1. The average molecular weight is 391 g/mol. The Balaban J connectivity index is 1.57. The molecule has 3 nitrogen and oxygen atoms in total. The van der Waals surface area contributed by atoms with Crippen molar-refractivity contribution in [2.45, 2.75) is 38.5 Å². The van der Waals surface area contributed by atoms with Crippen molar-refractivity contribution in [3.8, 4) is 11.3 Å². The molecule has 0 aliphatic heterocycles. The van der Waals surface area contributed by atoms with Crippen LogP contribution in [0.15, 0.2) is 66.0 Å². The topological polar surface area (TPSA) is 33.2 Å². The number of carbonyl (C=O) groups is 1. The lowest BCUT2D eigenvalue weighted by atomic mass is 9.88. The lowest BCUT2D eigenvalue weighted by Gasteiger charge is -2.27. The Morgan fingerprint density at radius 2 is 1.64 bits per heavy atom. The Morgan fingerprint density at radius 3 is 2.36 bits per heavy atom. The van der Waals surface area contributed by atoms with E-state index in [9.17, 15) is 4.79 Å². The molecule has 1 fully saturated rings. The van der Waals surface area contributed by atoms with Crippen LogP contribution in [0.1, 0.15) is 37.7 Å². The number of hydrogen-bond acceptors (Lipinski definition) is 3. The Labute approximate surface area is 171 Å². The minimum atomic E-state index is 0.147. The number of carbonyl (C=O) groups excluding carboxylic acids is 1. The maximum atomic E-state index is 13.4. The number of benzene rings is 2. The van der Waals surface area contributed by atoms with Gasteiger partial charge in [0.25, 0.3) is 0 Å². The van der Waals surface area contributed by atoms with Crippen molar-refractivity contribution in [2.75, 3.05) is 11.4 Å². The molecule has 0 N–H and O–H groups in total. The first-order valence-electron chi connectivity index (χ1n) is 10.2. The SMILES string of the molecule is O=C(C1CCCCC1)N(CCc1ccccc1)c1nc(-c2ccccc2)cs1. The molecule has 1 aromatic heterocycles. The van der Waals surface area contributed by atoms with Gasteiger partial charge in [0, 0.05) is 23.4 Å². The van der Waals surface area contributed by atoms with Gasteiger partial charge in [0.05, 0.1) is 5.69 Å². The first kappa shape index (κ1) is 18.9. The van der Waals surface area contributed by atoms with E-state index in [2.05, 4.69) is 41.8 Å². The van der Waals surface area contributed by atoms with Gasteiger partial charge in [0.15, 0.2) is 5.13 Å². The van der Waals surface area contributed by atoms with E-state index in [4.69, 9.17) is 4.98 Å². The smallest absolute Gasteiger partial charge is 0.231 e. The first-order valence-corrected chi connectivity index (χ1v) is 11.1. The summed E-state index contributed by atoms with van der Waals surface area (Å²) in [5, 5.41) is 2.89. The van der Waals surface area contributed by atoms with Crippen LogP contribution in [0, 0.1) is 5.92 Å². The molecule has 0 saturated heterocycles. The predicted octanol–water partition coefficient (Wildman–Crippen LogP) is 5.97. The molecular formula is C24H26N2OS. The Morgan fingerprint density at radius 1 is 0.964 bits per heavy atom. The van der Waals surface area contributed by atoms with E-state index in [0.29, 0.717) is 6.54 Å². The van der Waals surface area contributed by atoms with Crippen molar-refractivity contribution < 1.29 is 4.79 Å². The minimum absolute atomic E-state index is 0.147. The molecule has 1 saturated carbocycles. The zero-order chi connectivity index (χ0) is 19.2. The van der Waals surface area contributed by atoms with E-state index in [0.717, 1.165) is 48.5 Å². The zero-order valence-electron chi connectivity index (χ0n) is 16.1. The van der Waals surface area contributed by atoms with Crippen LogP contribution >= 0.6 is 11.3 Å². The van der Waals surface area contributed by atoms with Crippen molar-refractivity contribution in [3.63, 3.8) is 0 Å². The number of hydrogen-bond donors (Lipinski definition) is 0. The van der Waals surface area contributed by atoms with E-state index in [-0.39, 0.29) is 11.8 Å². The average Bonchev–Trinajstić information content (AvgIpc) is 3.26. The third-order valence-corrected chi connectivity index (χ3v) is 6.34. The molecule has 1 heterocycles. The summed E-state index contributed by atoms with van der Waals surface area (Å²) in [6.45, 7) is 0.682. The van der Waals surface area contributed by atoms with Crippen molar-refractivity contribution in [1.82, 2.24) is 4.98 Å². The van der Waals surface area contributed by atoms with Crippen LogP contribution in [0.2, 0.25) is 0 Å². The maximum absolute atomic E-state index is 13.4. The lowest BCUT2D eigenvalue weighted by Crippen LogP contribution is -2.38. The number of amides is 1. The molecule has 0 radical (unpaired) electrons. The van der Waals surface area contributed by atoms with Crippen LogP contribution in [0.5, 0.6) is 0 Å². The molecule has 2 aromatic carbocycles. The van der Waals surface area contributed by atoms with Gasteiger partial charge in [-0.2, -0.15) is 0 Å². The van der Waals surface area contributed by atoms with Crippen molar-refractivity contribution in [3.05, 3.63) is 71.6 Å². The Hall–Kier alpha value is -2.46. The van der Waals surface area contributed by atoms with Gasteiger partial charge in [-0.25, -0.2) is 4.98 Å². The van der Waals surface area contributed by atoms with Gasteiger partial charge in [-0.3, -0.25) is 9.69 Å².